The van der Waals surface area contributed by atoms with E-state index in [1.807, 2.05) is 11.9 Å². The number of likely N-dealkylation sites (tertiary alicyclic amines) is 1. The fourth-order valence-electron chi connectivity index (χ4n) is 2.04. The summed E-state index contributed by atoms with van der Waals surface area (Å²) in [6.45, 7) is 0.988. The van der Waals surface area contributed by atoms with Gasteiger partial charge in [-0.25, -0.2) is 0 Å². The average molecular weight is 162 g/mol. The minimum absolute atomic E-state index is 0. The maximum Gasteiger partial charge on any atom is 0.321 e. The van der Waals surface area contributed by atoms with Crippen LogP contribution in [0.1, 0.15) is 12.8 Å². The largest absolute Gasteiger partial charge is 0.480 e. The maximum absolute atomic E-state index is 10.7. The molecule has 1 saturated heterocycles. The molecular formula is C8H13LiNO2. The monoisotopic (exact) mass is 162 g/mol. The minimum atomic E-state index is -0.643. The molecule has 1 aliphatic heterocycles. The summed E-state index contributed by atoms with van der Waals surface area (Å²) in [5.74, 6) is 0.542. The number of hydrogen-bond acceptors (Lipinski definition) is 2. The molecule has 0 aromatic rings. The predicted molar refractivity (Wildman–Crippen MR) is 46.0 cm³/mol. The van der Waals surface area contributed by atoms with Crippen LogP contribution in [0.3, 0.4) is 0 Å². The first kappa shape index (κ1) is 10.1. The van der Waals surface area contributed by atoms with Gasteiger partial charge in [-0.1, -0.05) is 0 Å². The van der Waals surface area contributed by atoms with E-state index < -0.39 is 5.97 Å². The fraction of sp³-hybridized carbons (Fsp3) is 0.875. The number of hydrogen-bond donors (Lipinski definition) is 1. The van der Waals surface area contributed by atoms with Gasteiger partial charge in [-0.2, -0.15) is 0 Å². The summed E-state index contributed by atoms with van der Waals surface area (Å²) in [4.78, 5) is 12.6. The van der Waals surface area contributed by atoms with Crippen LogP contribution in [0.2, 0.25) is 0 Å². The maximum atomic E-state index is 10.7. The molecule has 2 atom stereocenters. The number of rotatable bonds is 2. The molecule has 2 fully saturated rings. The SMILES string of the molecule is CN1C[C@@H](C2CC2)[C@@H]1C(=O)O.[Li]. The average Bonchev–Trinajstić information content (AvgIpc) is 2.62. The van der Waals surface area contributed by atoms with E-state index in [0.717, 1.165) is 12.5 Å². The zero-order valence-corrected chi connectivity index (χ0v) is 7.66. The molecule has 1 radical (unpaired) electrons. The van der Waals surface area contributed by atoms with E-state index in [1.165, 1.54) is 12.8 Å². The first-order valence-electron chi connectivity index (χ1n) is 4.13. The van der Waals surface area contributed by atoms with E-state index in [9.17, 15) is 4.79 Å². The van der Waals surface area contributed by atoms with Crippen LogP contribution in [0.5, 0.6) is 0 Å². The van der Waals surface area contributed by atoms with Crippen molar-refractivity contribution in [3.8, 4) is 0 Å². The zero-order valence-electron chi connectivity index (χ0n) is 7.66. The number of carboxylic acid groups (broad SMARTS) is 1. The van der Waals surface area contributed by atoms with Gasteiger partial charge >= 0.3 is 5.97 Å². The molecule has 1 heterocycles. The van der Waals surface area contributed by atoms with E-state index >= 15 is 0 Å². The Hall–Kier alpha value is 0.0274. The van der Waals surface area contributed by atoms with Crippen LogP contribution in [0.15, 0.2) is 0 Å². The van der Waals surface area contributed by atoms with Crippen molar-refractivity contribution in [2.24, 2.45) is 11.8 Å². The molecule has 0 unspecified atom stereocenters. The number of aliphatic carboxylic acids is 1. The second-order valence-electron chi connectivity index (χ2n) is 3.72. The van der Waals surface area contributed by atoms with Gasteiger partial charge in [0.05, 0.1) is 0 Å². The fourth-order valence-corrected chi connectivity index (χ4v) is 2.04. The molecule has 0 bridgehead atoms. The number of likely N-dealkylation sites (N-methyl/N-ethyl adjacent to an activating group) is 1. The molecule has 0 amide bonds. The Morgan fingerprint density at radius 1 is 1.50 bits per heavy atom. The topological polar surface area (TPSA) is 40.5 Å². The van der Waals surface area contributed by atoms with Crippen LogP contribution in [0, 0.1) is 11.8 Å². The molecule has 1 saturated carbocycles. The zero-order chi connectivity index (χ0) is 8.01. The molecule has 2 rings (SSSR count). The summed E-state index contributed by atoms with van der Waals surface area (Å²) in [5.41, 5.74) is 0. The Kier molecular flexibility index (Phi) is 2.87. The van der Waals surface area contributed by atoms with Crippen molar-refractivity contribution in [1.29, 1.82) is 0 Å². The first-order valence-corrected chi connectivity index (χ1v) is 4.13. The summed E-state index contributed by atoms with van der Waals surface area (Å²) in [7, 11) is 1.89. The third-order valence-electron chi connectivity index (χ3n) is 2.86. The van der Waals surface area contributed by atoms with Gasteiger partial charge in [-0.05, 0) is 25.8 Å². The molecule has 63 valence electrons. The van der Waals surface area contributed by atoms with Crippen LogP contribution < -0.4 is 0 Å². The Morgan fingerprint density at radius 3 is 2.42 bits per heavy atom. The Bertz CT molecular complexity index is 193. The van der Waals surface area contributed by atoms with E-state index in [0.29, 0.717) is 5.92 Å². The van der Waals surface area contributed by atoms with Crippen LogP contribution >= 0.6 is 0 Å². The van der Waals surface area contributed by atoms with Crippen molar-refractivity contribution < 1.29 is 9.90 Å². The van der Waals surface area contributed by atoms with E-state index in [-0.39, 0.29) is 24.9 Å². The van der Waals surface area contributed by atoms with Gasteiger partial charge < -0.3 is 5.11 Å². The Morgan fingerprint density at radius 2 is 2.08 bits per heavy atom. The summed E-state index contributed by atoms with van der Waals surface area (Å²) in [6, 6.07) is -0.178. The van der Waals surface area contributed by atoms with Crippen molar-refractivity contribution in [1.82, 2.24) is 4.90 Å². The molecule has 3 nitrogen and oxygen atoms in total. The third kappa shape index (κ3) is 1.54. The molecule has 4 heteroatoms. The summed E-state index contributed by atoms with van der Waals surface area (Å²) < 4.78 is 0. The number of carboxylic acids is 1. The Balaban J connectivity index is 0.000000720. The molecule has 2 aliphatic rings. The molecule has 0 spiro atoms. The molecule has 0 aromatic heterocycles. The Labute approximate surface area is 84.3 Å². The van der Waals surface area contributed by atoms with E-state index in [2.05, 4.69) is 0 Å². The minimum Gasteiger partial charge on any atom is -0.480 e. The van der Waals surface area contributed by atoms with E-state index in [1.54, 1.807) is 0 Å². The molecule has 1 aliphatic carbocycles. The molecule has 1 N–H and O–H groups in total. The van der Waals surface area contributed by atoms with Crippen molar-refractivity contribution in [2.75, 3.05) is 13.6 Å². The predicted octanol–water partition coefficient (Wildman–Crippen LogP) is 0.0304. The van der Waals surface area contributed by atoms with Crippen molar-refractivity contribution in [3.05, 3.63) is 0 Å². The summed E-state index contributed by atoms with van der Waals surface area (Å²) in [5, 5.41) is 8.81. The summed E-state index contributed by atoms with van der Waals surface area (Å²) >= 11 is 0. The second-order valence-corrected chi connectivity index (χ2v) is 3.72. The van der Waals surface area contributed by atoms with Crippen LogP contribution in [0.4, 0.5) is 0 Å². The van der Waals surface area contributed by atoms with Crippen molar-refractivity contribution >= 4 is 24.8 Å². The van der Waals surface area contributed by atoms with Gasteiger partial charge in [0.1, 0.15) is 6.04 Å². The van der Waals surface area contributed by atoms with Crippen LogP contribution in [0.25, 0.3) is 0 Å². The van der Waals surface area contributed by atoms with Gasteiger partial charge in [0.2, 0.25) is 0 Å². The quantitative estimate of drug-likeness (QED) is 0.582. The van der Waals surface area contributed by atoms with Gasteiger partial charge in [-0.15, -0.1) is 0 Å². The van der Waals surface area contributed by atoms with Crippen molar-refractivity contribution in [2.45, 2.75) is 18.9 Å². The first-order chi connectivity index (χ1) is 5.20. The van der Waals surface area contributed by atoms with Crippen LogP contribution in [-0.2, 0) is 4.79 Å². The molecule has 0 aromatic carbocycles. The van der Waals surface area contributed by atoms with Gasteiger partial charge in [-0.3, -0.25) is 9.69 Å². The van der Waals surface area contributed by atoms with E-state index in [4.69, 9.17) is 5.11 Å². The molecule has 12 heavy (non-hydrogen) atoms. The summed E-state index contributed by atoms with van der Waals surface area (Å²) in [6.07, 6.45) is 2.50. The third-order valence-corrected chi connectivity index (χ3v) is 2.86. The van der Waals surface area contributed by atoms with Gasteiger partial charge in [0.25, 0.3) is 0 Å². The standard InChI is InChI=1S/C8H13NO2.Li/c1-9-4-6(5-2-3-5)7(9)8(10)11;/h5-7H,2-4H2,1H3,(H,10,11);/t6-,7+;/m0./s1. The van der Waals surface area contributed by atoms with Gasteiger partial charge in [0, 0.05) is 31.3 Å². The molecular weight excluding hydrogens is 149 g/mol. The number of nitrogens with zero attached hydrogens (tertiary/aromatic N) is 1. The van der Waals surface area contributed by atoms with Gasteiger partial charge in [0.15, 0.2) is 0 Å². The van der Waals surface area contributed by atoms with Crippen LogP contribution in [-0.4, -0.2) is 54.5 Å². The smallest absolute Gasteiger partial charge is 0.321 e. The second kappa shape index (κ2) is 3.41. The number of carbonyl (C=O) groups is 1. The van der Waals surface area contributed by atoms with Crippen molar-refractivity contribution in [3.63, 3.8) is 0 Å². The normalized spacial score (nSPS) is 35.1.